The van der Waals surface area contributed by atoms with Gasteiger partial charge in [0.1, 0.15) is 17.7 Å². The molecule has 3 heterocycles. The van der Waals surface area contributed by atoms with Crippen molar-refractivity contribution in [3.05, 3.63) is 65.0 Å². The average molecular weight is 399 g/mol. The van der Waals surface area contributed by atoms with Crippen molar-refractivity contribution in [2.75, 3.05) is 26.3 Å². The van der Waals surface area contributed by atoms with Gasteiger partial charge in [0.15, 0.2) is 0 Å². The van der Waals surface area contributed by atoms with Crippen LogP contribution < -0.4 is 4.74 Å². The number of aromatic amines is 1. The van der Waals surface area contributed by atoms with Gasteiger partial charge in [0.05, 0.1) is 24.6 Å². The molecule has 7 nitrogen and oxygen atoms in total. The van der Waals surface area contributed by atoms with E-state index in [1.807, 2.05) is 24.7 Å². The zero-order valence-electron chi connectivity index (χ0n) is 16.8. The Labute approximate surface area is 169 Å². The van der Waals surface area contributed by atoms with Crippen molar-refractivity contribution in [2.45, 2.75) is 26.0 Å². The molecule has 8 heteroatoms. The second kappa shape index (κ2) is 8.75. The number of aromatic nitrogens is 4. The minimum absolute atomic E-state index is 0.0521. The Morgan fingerprint density at radius 3 is 2.90 bits per heavy atom. The number of H-pyrrole nitrogens is 1. The van der Waals surface area contributed by atoms with E-state index in [-0.39, 0.29) is 11.9 Å². The first-order valence-electron chi connectivity index (χ1n) is 9.82. The highest BCUT2D eigenvalue weighted by Gasteiger charge is 2.25. The monoisotopic (exact) mass is 399 g/mol. The summed E-state index contributed by atoms with van der Waals surface area (Å²) >= 11 is 0. The normalized spacial score (nSPS) is 17.6. The molecule has 0 aliphatic carbocycles. The molecule has 1 N–H and O–H groups in total. The molecule has 29 heavy (non-hydrogen) atoms. The number of morpholine rings is 1. The molecule has 1 aromatic carbocycles. The van der Waals surface area contributed by atoms with Crippen LogP contribution in [0.3, 0.4) is 0 Å². The lowest BCUT2D eigenvalue weighted by molar-refractivity contribution is -0.0350. The van der Waals surface area contributed by atoms with Crippen LogP contribution in [0.5, 0.6) is 5.75 Å². The van der Waals surface area contributed by atoms with Crippen LogP contribution in [-0.4, -0.2) is 51.2 Å². The Morgan fingerprint density at radius 2 is 2.14 bits per heavy atom. The molecule has 1 saturated heterocycles. The maximum absolute atomic E-state index is 12.9. The second-order valence-corrected chi connectivity index (χ2v) is 7.38. The van der Waals surface area contributed by atoms with Gasteiger partial charge >= 0.3 is 0 Å². The van der Waals surface area contributed by atoms with Crippen LogP contribution in [0.2, 0.25) is 0 Å². The molecule has 3 aromatic rings. The minimum Gasteiger partial charge on any atom is -0.493 e. The zero-order chi connectivity index (χ0) is 20.2. The van der Waals surface area contributed by atoms with Gasteiger partial charge < -0.3 is 9.47 Å². The van der Waals surface area contributed by atoms with Gasteiger partial charge in [-0.3, -0.25) is 14.7 Å². The predicted molar refractivity (Wildman–Crippen MR) is 106 cm³/mol. The van der Waals surface area contributed by atoms with E-state index < -0.39 is 0 Å². The Morgan fingerprint density at radius 1 is 1.31 bits per heavy atom. The summed E-state index contributed by atoms with van der Waals surface area (Å²) in [6, 6.07) is 8.08. The molecule has 0 radical (unpaired) electrons. The van der Waals surface area contributed by atoms with Gasteiger partial charge in [-0.2, -0.15) is 10.2 Å². The van der Waals surface area contributed by atoms with Gasteiger partial charge in [-0.05, 0) is 37.3 Å². The number of hydrogen-bond donors (Lipinski definition) is 1. The summed E-state index contributed by atoms with van der Waals surface area (Å²) in [5, 5.41) is 11.9. The first-order chi connectivity index (χ1) is 14.1. The Kier molecular flexibility index (Phi) is 5.92. The predicted octanol–water partition coefficient (Wildman–Crippen LogP) is 2.79. The Bertz CT molecular complexity index is 937. The third kappa shape index (κ3) is 5.02. The number of benzene rings is 1. The van der Waals surface area contributed by atoms with Gasteiger partial charge in [-0.1, -0.05) is 0 Å². The van der Waals surface area contributed by atoms with Crippen LogP contribution in [0.25, 0.3) is 0 Å². The molecular weight excluding hydrogens is 373 g/mol. The second-order valence-electron chi connectivity index (χ2n) is 7.38. The number of nitrogens with zero attached hydrogens (tertiary/aromatic N) is 4. The summed E-state index contributed by atoms with van der Waals surface area (Å²) in [5.74, 6) is 0.388. The molecule has 0 amide bonds. The number of hydrogen-bond acceptors (Lipinski definition) is 5. The van der Waals surface area contributed by atoms with E-state index in [0.29, 0.717) is 25.4 Å². The summed E-state index contributed by atoms with van der Waals surface area (Å²) in [6.07, 6.45) is 2.72. The van der Waals surface area contributed by atoms with E-state index in [1.54, 1.807) is 12.1 Å². The quantitative estimate of drug-likeness (QED) is 0.662. The van der Waals surface area contributed by atoms with E-state index in [4.69, 9.17) is 9.47 Å². The fraction of sp³-hybridized carbons (Fsp3) is 0.429. The van der Waals surface area contributed by atoms with Crippen LogP contribution in [-0.2, 0) is 24.8 Å². The van der Waals surface area contributed by atoms with E-state index in [9.17, 15) is 4.39 Å². The fourth-order valence-corrected chi connectivity index (χ4v) is 3.55. The van der Waals surface area contributed by atoms with Crippen molar-refractivity contribution < 1.29 is 13.9 Å². The van der Waals surface area contributed by atoms with E-state index in [1.165, 1.54) is 17.7 Å². The molecular formula is C21H26FN5O2. The number of ether oxygens (including phenoxy) is 2. The van der Waals surface area contributed by atoms with Gasteiger partial charge in [0.25, 0.3) is 0 Å². The zero-order valence-corrected chi connectivity index (χ0v) is 16.8. The highest BCUT2D eigenvalue weighted by Crippen LogP contribution is 2.23. The first-order valence-corrected chi connectivity index (χ1v) is 9.82. The molecule has 4 rings (SSSR count). The standard InChI is InChI=1S/C21H26FN5O2/c1-15-16(12-26(2)25-15)13-27-8-10-29-21(14-27)20-11-18(23-24-20)7-9-28-19-5-3-17(22)4-6-19/h3-6,11-12,21H,7-10,13-14H2,1-2H3,(H,23,24). The lowest BCUT2D eigenvalue weighted by Crippen LogP contribution is -2.38. The van der Waals surface area contributed by atoms with Gasteiger partial charge in [-0.15, -0.1) is 0 Å². The Hall–Kier alpha value is -2.71. The van der Waals surface area contributed by atoms with Crippen molar-refractivity contribution in [1.82, 2.24) is 24.9 Å². The molecule has 1 aliphatic rings. The van der Waals surface area contributed by atoms with E-state index >= 15 is 0 Å². The summed E-state index contributed by atoms with van der Waals surface area (Å²) in [4.78, 5) is 2.38. The van der Waals surface area contributed by atoms with Gasteiger partial charge in [0.2, 0.25) is 0 Å². The molecule has 1 unspecified atom stereocenters. The summed E-state index contributed by atoms with van der Waals surface area (Å²) in [5.41, 5.74) is 4.22. The molecule has 0 saturated carbocycles. The topological polar surface area (TPSA) is 68.2 Å². The van der Waals surface area contributed by atoms with Crippen LogP contribution >= 0.6 is 0 Å². The lowest BCUT2D eigenvalue weighted by Gasteiger charge is -2.31. The lowest BCUT2D eigenvalue weighted by atomic mass is 10.1. The van der Waals surface area contributed by atoms with Crippen LogP contribution in [0, 0.1) is 12.7 Å². The van der Waals surface area contributed by atoms with Crippen molar-refractivity contribution in [3.63, 3.8) is 0 Å². The molecule has 1 aliphatic heterocycles. The number of nitrogens with one attached hydrogen (secondary N) is 1. The molecule has 154 valence electrons. The van der Waals surface area contributed by atoms with Crippen LogP contribution in [0.1, 0.15) is 28.7 Å². The highest BCUT2D eigenvalue weighted by atomic mass is 19.1. The van der Waals surface area contributed by atoms with Gasteiger partial charge in [-0.25, -0.2) is 4.39 Å². The number of aryl methyl sites for hydroxylation is 2. The molecule has 1 fully saturated rings. The van der Waals surface area contributed by atoms with Crippen LogP contribution in [0.15, 0.2) is 36.5 Å². The Balaban J connectivity index is 1.30. The van der Waals surface area contributed by atoms with E-state index in [2.05, 4.69) is 26.4 Å². The third-order valence-corrected chi connectivity index (χ3v) is 5.09. The SMILES string of the molecule is Cc1nn(C)cc1CN1CCOC(c2cc(CCOc3ccc(F)cc3)[nH]n2)C1. The highest BCUT2D eigenvalue weighted by molar-refractivity contribution is 5.22. The molecule has 0 spiro atoms. The fourth-order valence-electron chi connectivity index (χ4n) is 3.55. The smallest absolute Gasteiger partial charge is 0.123 e. The molecule has 0 bridgehead atoms. The summed E-state index contributed by atoms with van der Waals surface area (Å²) in [7, 11) is 1.95. The first kappa shape index (κ1) is 19.6. The minimum atomic E-state index is -0.268. The van der Waals surface area contributed by atoms with Crippen LogP contribution in [0.4, 0.5) is 4.39 Å². The van der Waals surface area contributed by atoms with Crippen molar-refractivity contribution in [1.29, 1.82) is 0 Å². The van der Waals surface area contributed by atoms with E-state index in [0.717, 1.165) is 36.7 Å². The molecule has 1 atom stereocenters. The number of halogens is 1. The third-order valence-electron chi connectivity index (χ3n) is 5.09. The molecule has 2 aromatic heterocycles. The summed E-state index contributed by atoms with van der Waals surface area (Å²) in [6.45, 7) is 5.77. The van der Waals surface area contributed by atoms with Crippen molar-refractivity contribution in [2.24, 2.45) is 7.05 Å². The largest absolute Gasteiger partial charge is 0.493 e. The van der Waals surface area contributed by atoms with Gasteiger partial charge in [0, 0.05) is 50.6 Å². The summed E-state index contributed by atoms with van der Waals surface area (Å²) < 4.78 is 26.4. The number of rotatable bonds is 7. The van der Waals surface area contributed by atoms with Crippen molar-refractivity contribution >= 4 is 0 Å². The average Bonchev–Trinajstić information content (AvgIpc) is 3.30. The maximum Gasteiger partial charge on any atom is 0.123 e. The maximum atomic E-state index is 12.9. The van der Waals surface area contributed by atoms with Crippen molar-refractivity contribution in [3.8, 4) is 5.75 Å².